The lowest BCUT2D eigenvalue weighted by molar-refractivity contribution is -0.123. The normalized spacial score (nSPS) is 20.5. The van der Waals surface area contributed by atoms with Gasteiger partial charge in [0, 0.05) is 22.7 Å². The SMILES string of the molecule is CC/C(=C\c1ccc(O)c2ccccc12)CC[C@@H](O)C1=C(C(C)C)C[C@H]2C(=O)N(c3ccc(Nc4ccccc4)cc3)C(=O)[C@H]2[C@H]1CO. The van der Waals surface area contributed by atoms with E-state index in [1.165, 1.54) is 4.90 Å². The molecule has 2 aliphatic rings. The van der Waals surface area contributed by atoms with Gasteiger partial charge in [0.15, 0.2) is 0 Å². The van der Waals surface area contributed by atoms with Crippen LogP contribution in [0.2, 0.25) is 0 Å². The Morgan fingerprint density at radius 3 is 2.23 bits per heavy atom. The number of phenols is 1. The monoisotopic (exact) mass is 644 g/mol. The van der Waals surface area contributed by atoms with E-state index < -0.39 is 23.9 Å². The summed E-state index contributed by atoms with van der Waals surface area (Å²) < 4.78 is 0. The number of aliphatic hydroxyl groups excluding tert-OH is 2. The average Bonchev–Trinajstić information content (AvgIpc) is 3.36. The van der Waals surface area contributed by atoms with Crippen molar-refractivity contribution in [2.24, 2.45) is 23.7 Å². The van der Waals surface area contributed by atoms with Crippen LogP contribution in [-0.2, 0) is 9.59 Å². The van der Waals surface area contributed by atoms with Crippen LogP contribution in [-0.4, -0.2) is 39.8 Å². The summed E-state index contributed by atoms with van der Waals surface area (Å²) >= 11 is 0. The van der Waals surface area contributed by atoms with Crippen LogP contribution in [0.5, 0.6) is 5.75 Å². The van der Waals surface area contributed by atoms with Crippen molar-refractivity contribution in [1.29, 1.82) is 0 Å². The summed E-state index contributed by atoms with van der Waals surface area (Å²) in [6, 6.07) is 28.4. The average molecular weight is 645 g/mol. The van der Waals surface area contributed by atoms with E-state index in [0.717, 1.165) is 45.3 Å². The number of carbonyl (C=O) groups is 2. The Kier molecular flexibility index (Phi) is 9.81. The van der Waals surface area contributed by atoms with Crippen molar-refractivity contribution in [2.45, 2.75) is 52.6 Å². The standard InChI is InChI=1S/C41H44N2O5/c1-4-26(22-27-15-21-36(45)32-13-9-8-12-31(27)32)14-20-37(46)38-33(25(2)3)23-34-39(35(38)24-44)41(48)43(40(34)47)30-18-16-29(17-19-30)42-28-10-6-5-7-11-28/h5-13,15-19,21-22,25,34-35,37,39,42,44-46H,4,14,20,23-24H2,1-3H3/b26-22+/t34-,35+,37-,39-/m1/s1. The van der Waals surface area contributed by atoms with Crippen molar-refractivity contribution >= 4 is 45.7 Å². The third-order valence-electron chi connectivity index (χ3n) is 10.0. The smallest absolute Gasteiger partial charge is 0.238 e. The van der Waals surface area contributed by atoms with E-state index in [1.54, 1.807) is 18.2 Å². The van der Waals surface area contributed by atoms with Crippen molar-refractivity contribution in [3.05, 3.63) is 113 Å². The van der Waals surface area contributed by atoms with Crippen molar-refractivity contribution in [2.75, 3.05) is 16.8 Å². The first-order valence-electron chi connectivity index (χ1n) is 16.9. The van der Waals surface area contributed by atoms with Gasteiger partial charge in [-0.05, 0) is 90.6 Å². The maximum absolute atomic E-state index is 14.0. The van der Waals surface area contributed by atoms with Crippen LogP contribution in [0.15, 0.2) is 108 Å². The molecule has 0 aromatic heterocycles. The van der Waals surface area contributed by atoms with Crippen LogP contribution in [0, 0.1) is 23.7 Å². The number of amides is 2. The Bertz CT molecular complexity index is 1860. The van der Waals surface area contributed by atoms with Gasteiger partial charge in [-0.3, -0.25) is 14.5 Å². The maximum Gasteiger partial charge on any atom is 0.238 e. The highest BCUT2D eigenvalue weighted by atomic mass is 16.3. The summed E-state index contributed by atoms with van der Waals surface area (Å²) in [4.78, 5) is 29.2. The molecule has 1 aliphatic heterocycles. The third kappa shape index (κ3) is 6.40. The number of carbonyl (C=O) groups excluding carboxylic acids is 2. The van der Waals surface area contributed by atoms with Gasteiger partial charge in [-0.2, -0.15) is 0 Å². The summed E-state index contributed by atoms with van der Waals surface area (Å²) in [6.07, 6.45) is 3.48. The number of aromatic hydroxyl groups is 1. The Morgan fingerprint density at radius 2 is 1.56 bits per heavy atom. The van der Waals surface area contributed by atoms with Crippen LogP contribution in [0.4, 0.5) is 17.1 Å². The number of aliphatic hydroxyl groups is 2. The molecule has 248 valence electrons. The van der Waals surface area contributed by atoms with Gasteiger partial charge in [0.1, 0.15) is 5.75 Å². The molecular formula is C41H44N2O5. The molecule has 7 heteroatoms. The highest BCUT2D eigenvalue weighted by Gasteiger charge is 2.55. The fraction of sp³-hybridized carbons (Fsp3) is 0.317. The molecule has 0 saturated carbocycles. The zero-order chi connectivity index (χ0) is 33.9. The number of anilines is 3. The van der Waals surface area contributed by atoms with Gasteiger partial charge >= 0.3 is 0 Å². The molecule has 0 spiro atoms. The second kappa shape index (κ2) is 14.2. The Balaban J connectivity index is 1.23. The lowest BCUT2D eigenvalue weighted by Gasteiger charge is -2.38. The predicted molar refractivity (Wildman–Crippen MR) is 192 cm³/mol. The second-order valence-corrected chi connectivity index (χ2v) is 13.2. The molecule has 2 amide bonds. The Morgan fingerprint density at radius 1 is 0.896 bits per heavy atom. The van der Waals surface area contributed by atoms with E-state index in [0.29, 0.717) is 30.5 Å². The number of phenolic OH excluding ortho intramolecular Hbond substituents is 1. The van der Waals surface area contributed by atoms with Crippen LogP contribution >= 0.6 is 0 Å². The van der Waals surface area contributed by atoms with E-state index in [-0.39, 0.29) is 30.1 Å². The van der Waals surface area contributed by atoms with Crippen molar-refractivity contribution in [3.63, 3.8) is 0 Å². The predicted octanol–water partition coefficient (Wildman–Crippen LogP) is 7.99. The number of para-hydroxylation sites is 1. The van der Waals surface area contributed by atoms with Crippen molar-refractivity contribution in [3.8, 4) is 5.75 Å². The minimum Gasteiger partial charge on any atom is -0.507 e. The second-order valence-electron chi connectivity index (χ2n) is 13.2. The summed E-state index contributed by atoms with van der Waals surface area (Å²) in [5.74, 6) is -2.27. The van der Waals surface area contributed by atoms with Crippen LogP contribution in [0.3, 0.4) is 0 Å². The zero-order valence-corrected chi connectivity index (χ0v) is 27.8. The van der Waals surface area contributed by atoms with Crippen molar-refractivity contribution < 1.29 is 24.9 Å². The molecule has 1 fully saturated rings. The summed E-state index contributed by atoms with van der Waals surface area (Å²) in [7, 11) is 0. The molecule has 4 N–H and O–H groups in total. The number of imide groups is 1. The number of nitrogens with zero attached hydrogens (tertiary/aromatic N) is 1. The molecule has 1 heterocycles. The molecule has 4 aromatic rings. The molecule has 0 radical (unpaired) electrons. The summed E-state index contributed by atoms with van der Waals surface area (Å²) in [6.45, 7) is 5.85. The molecule has 4 atom stereocenters. The molecule has 4 aromatic carbocycles. The van der Waals surface area contributed by atoms with E-state index in [2.05, 4.69) is 18.3 Å². The number of nitrogens with one attached hydrogen (secondary N) is 1. The molecule has 48 heavy (non-hydrogen) atoms. The van der Waals surface area contributed by atoms with Gasteiger partial charge in [0.05, 0.1) is 30.2 Å². The lowest BCUT2D eigenvalue weighted by Crippen LogP contribution is -2.39. The molecule has 1 saturated heterocycles. The highest BCUT2D eigenvalue weighted by Crippen LogP contribution is 2.49. The lowest BCUT2D eigenvalue weighted by atomic mass is 9.66. The number of allylic oxidation sites excluding steroid dienone is 2. The van der Waals surface area contributed by atoms with Gasteiger partial charge < -0.3 is 20.6 Å². The number of benzene rings is 4. The van der Waals surface area contributed by atoms with Gasteiger partial charge in [0.2, 0.25) is 11.8 Å². The topological polar surface area (TPSA) is 110 Å². The van der Waals surface area contributed by atoms with E-state index >= 15 is 0 Å². The molecule has 7 nitrogen and oxygen atoms in total. The number of rotatable bonds is 11. The number of hydrogen-bond acceptors (Lipinski definition) is 6. The van der Waals surface area contributed by atoms with E-state index in [9.17, 15) is 24.9 Å². The number of fused-ring (bicyclic) bond motifs is 2. The van der Waals surface area contributed by atoms with Gasteiger partial charge in [0.25, 0.3) is 0 Å². The summed E-state index contributed by atoms with van der Waals surface area (Å²) in [5, 5.41) is 38.0. The fourth-order valence-electron chi connectivity index (χ4n) is 7.56. The van der Waals surface area contributed by atoms with Gasteiger partial charge in [-0.15, -0.1) is 0 Å². The molecular weight excluding hydrogens is 600 g/mol. The molecule has 1 aliphatic carbocycles. The largest absolute Gasteiger partial charge is 0.507 e. The Hall–Kier alpha value is -4.72. The maximum atomic E-state index is 14.0. The van der Waals surface area contributed by atoms with E-state index in [1.807, 2.05) is 86.6 Å². The quantitative estimate of drug-likeness (QED) is 0.0973. The minimum absolute atomic E-state index is 0.0366. The van der Waals surface area contributed by atoms with Crippen LogP contribution < -0.4 is 10.2 Å². The first-order chi connectivity index (χ1) is 23.2. The van der Waals surface area contributed by atoms with Crippen molar-refractivity contribution in [1.82, 2.24) is 0 Å². The first kappa shape index (κ1) is 33.2. The first-order valence-corrected chi connectivity index (χ1v) is 16.9. The minimum atomic E-state index is -0.868. The van der Waals surface area contributed by atoms with Crippen LogP contribution in [0.25, 0.3) is 16.8 Å². The summed E-state index contributed by atoms with van der Waals surface area (Å²) in [5.41, 5.74) is 6.10. The van der Waals surface area contributed by atoms with Crippen LogP contribution in [0.1, 0.15) is 52.0 Å². The Labute approximate surface area is 282 Å². The van der Waals surface area contributed by atoms with Gasteiger partial charge in [-0.1, -0.05) is 86.5 Å². The van der Waals surface area contributed by atoms with E-state index in [4.69, 9.17) is 0 Å². The zero-order valence-electron chi connectivity index (χ0n) is 27.8. The molecule has 0 unspecified atom stereocenters. The molecule has 0 bridgehead atoms. The highest BCUT2D eigenvalue weighted by molar-refractivity contribution is 6.22. The molecule has 6 rings (SSSR count). The third-order valence-corrected chi connectivity index (χ3v) is 10.0. The fourth-order valence-corrected chi connectivity index (χ4v) is 7.56. The number of hydrogen-bond donors (Lipinski definition) is 4. The van der Waals surface area contributed by atoms with Gasteiger partial charge in [-0.25, -0.2) is 0 Å².